The number of benzene rings is 1. The van der Waals surface area contributed by atoms with Gasteiger partial charge in [-0.15, -0.1) is 0 Å². The van der Waals surface area contributed by atoms with E-state index in [0.29, 0.717) is 11.3 Å². The zero-order chi connectivity index (χ0) is 23.0. The summed E-state index contributed by atoms with van der Waals surface area (Å²) in [7, 11) is 1.64. The number of primary amides is 1. The van der Waals surface area contributed by atoms with Crippen molar-refractivity contribution in [3.05, 3.63) is 60.6 Å². The molecule has 0 unspecified atom stereocenters. The fourth-order valence-electron chi connectivity index (χ4n) is 3.32. The molecule has 0 bridgehead atoms. The highest BCUT2D eigenvalue weighted by molar-refractivity contribution is 6.02. The summed E-state index contributed by atoms with van der Waals surface area (Å²) in [6, 6.07) is 11.7. The Balaban J connectivity index is 1.74. The topological polar surface area (TPSA) is 99.5 Å². The van der Waals surface area contributed by atoms with Crippen molar-refractivity contribution in [1.82, 2.24) is 19.4 Å². The Kier molecular flexibility index (Phi) is 5.38. The molecule has 4 rings (SSSR count). The van der Waals surface area contributed by atoms with Crippen LogP contribution in [0, 0.1) is 5.41 Å². The number of hydrogen-bond donors (Lipinski definition) is 2. The van der Waals surface area contributed by atoms with Crippen molar-refractivity contribution >= 4 is 17.1 Å². The Morgan fingerprint density at radius 3 is 2.53 bits per heavy atom. The van der Waals surface area contributed by atoms with Crippen molar-refractivity contribution in [3.63, 3.8) is 0 Å². The Bertz CT molecular complexity index is 1260. The Hall–Kier alpha value is -3.81. The second kappa shape index (κ2) is 8.03. The third-order valence-electron chi connectivity index (χ3n) is 5.79. The molecule has 3 N–H and O–H groups in total. The molecular formula is C24H28N6O2. The second-order valence-corrected chi connectivity index (χ2v) is 8.93. The van der Waals surface area contributed by atoms with Gasteiger partial charge in [0.25, 0.3) is 5.91 Å². The van der Waals surface area contributed by atoms with Crippen LogP contribution in [0.4, 0.5) is 5.69 Å². The number of fused-ring (bicyclic) bond motifs is 1. The minimum atomic E-state index is -0.521. The zero-order valence-electron chi connectivity index (χ0n) is 19.0. The lowest BCUT2D eigenvalue weighted by Crippen LogP contribution is -2.32. The van der Waals surface area contributed by atoms with Gasteiger partial charge in [-0.25, -0.2) is 9.20 Å². The van der Waals surface area contributed by atoms with Gasteiger partial charge in [-0.05, 0) is 48.7 Å². The second-order valence-electron chi connectivity index (χ2n) is 8.93. The van der Waals surface area contributed by atoms with Gasteiger partial charge < -0.3 is 15.8 Å². The minimum absolute atomic E-state index is 0.0140. The first-order valence-corrected chi connectivity index (χ1v) is 10.5. The molecular weight excluding hydrogens is 404 g/mol. The van der Waals surface area contributed by atoms with Crippen LogP contribution in [0.25, 0.3) is 22.5 Å². The molecule has 1 aromatic carbocycles. The number of anilines is 1. The van der Waals surface area contributed by atoms with E-state index in [0.717, 1.165) is 28.2 Å². The van der Waals surface area contributed by atoms with Crippen LogP contribution >= 0.6 is 0 Å². The third kappa shape index (κ3) is 4.03. The van der Waals surface area contributed by atoms with Gasteiger partial charge in [0.2, 0.25) is 0 Å². The molecule has 3 aromatic heterocycles. The summed E-state index contributed by atoms with van der Waals surface area (Å²) in [6.45, 7) is 8.50. The van der Waals surface area contributed by atoms with Crippen molar-refractivity contribution in [1.29, 1.82) is 0 Å². The first kappa shape index (κ1) is 21.4. The first-order chi connectivity index (χ1) is 15.2. The normalized spacial score (nSPS) is 12.7. The lowest BCUT2D eigenvalue weighted by atomic mass is 9.88. The molecule has 3 heterocycles. The van der Waals surface area contributed by atoms with Gasteiger partial charge in [-0.2, -0.15) is 10.2 Å². The van der Waals surface area contributed by atoms with Gasteiger partial charge >= 0.3 is 0 Å². The highest BCUT2D eigenvalue weighted by Crippen LogP contribution is 2.30. The van der Waals surface area contributed by atoms with Crippen LogP contribution in [0.3, 0.4) is 0 Å². The first-order valence-electron chi connectivity index (χ1n) is 10.5. The van der Waals surface area contributed by atoms with Gasteiger partial charge in [0.1, 0.15) is 5.75 Å². The molecule has 32 heavy (non-hydrogen) atoms. The van der Waals surface area contributed by atoms with E-state index in [2.05, 4.69) is 38.1 Å². The fourth-order valence-corrected chi connectivity index (χ4v) is 3.32. The molecule has 0 aliphatic heterocycles. The monoisotopic (exact) mass is 432 g/mol. The number of carbonyl (C=O) groups excluding carboxylic acids is 1. The number of carbonyl (C=O) groups is 1. The third-order valence-corrected chi connectivity index (χ3v) is 5.79. The summed E-state index contributed by atoms with van der Waals surface area (Å²) in [5.41, 5.74) is 10.1. The molecule has 8 nitrogen and oxygen atoms in total. The van der Waals surface area contributed by atoms with Crippen molar-refractivity contribution < 1.29 is 9.53 Å². The molecule has 0 aliphatic rings. The number of nitrogens with one attached hydrogen (secondary N) is 1. The number of methoxy groups -OCH3 is 1. The molecule has 1 amide bonds. The summed E-state index contributed by atoms with van der Waals surface area (Å²) >= 11 is 0. The average Bonchev–Trinajstić information content (AvgIpc) is 3.40. The van der Waals surface area contributed by atoms with E-state index < -0.39 is 5.91 Å². The average molecular weight is 433 g/mol. The number of nitrogens with zero attached hydrogens (tertiary/aromatic N) is 4. The van der Waals surface area contributed by atoms with E-state index >= 15 is 0 Å². The SMILES string of the molecule is COc1ccc(-c2ccn(-c3cc4c(N[C@H](C)C(C)(C)C)c(C(N)=O)cnn4c3)n2)cc1. The van der Waals surface area contributed by atoms with Crippen LogP contribution in [-0.2, 0) is 0 Å². The van der Waals surface area contributed by atoms with Crippen molar-refractivity contribution in [2.45, 2.75) is 33.7 Å². The van der Waals surface area contributed by atoms with Crippen LogP contribution in [0.15, 0.2) is 55.0 Å². The van der Waals surface area contributed by atoms with Crippen molar-refractivity contribution in [3.8, 4) is 22.7 Å². The number of rotatable bonds is 6. The van der Waals surface area contributed by atoms with Gasteiger partial charge in [0.05, 0.1) is 47.7 Å². The number of hydrogen-bond acceptors (Lipinski definition) is 5. The maximum absolute atomic E-state index is 12.1. The van der Waals surface area contributed by atoms with Gasteiger partial charge in [0.15, 0.2) is 0 Å². The summed E-state index contributed by atoms with van der Waals surface area (Å²) in [5.74, 6) is 0.278. The van der Waals surface area contributed by atoms with Crippen LogP contribution in [0.2, 0.25) is 0 Å². The Morgan fingerprint density at radius 2 is 1.91 bits per heavy atom. The molecule has 0 fully saturated rings. The van der Waals surface area contributed by atoms with E-state index in [1.165, 1.54) is 6.20 Å². The predicted molar refractivity (Wildman–Crippen MR) is 125 cm³/mol. The Labute approximate surface area is 187 Å². The highest BCUT2D eigenvalue weighted by Gasteiger charge is 2.24. The van der Waals surface area contributed by atoms with Crippen LogP contribution < -0.4 is 15.8 Å². The van der Waals surface area contributed by atoms with E-state index in [-0.39, 0.29) is 11.5 Å². The van der Waals surface area contributed by atoms with Crippen molar-refractivity contribution in [2.75, 3.05) is 12.4 Å². The number of aromatic nitrogens is 4. The zero-order valence-corrected chi connectivity index (χ0v) is 19.0. The smallest absolute Gasteiger partial charge is 0.252 e. The molecule has 0 spiro atoms. The van der Waals surface area contributed by atoms with Crippen LogP contribution in [0.1, 0.15) is 38.1 Å². The number of nitrogens with two attached hydrogens (primary N) is 1. The maximum Gasteiger partial charge on any atom is 0.252 e. The molecule has 0 aliphatic carbocycles. The van der Waals surface area contributed by atoms with Gasteiger partial charge in [-0.1, -0.05) is 20.8 Å². The van der Waals surface area contributed by atoms with Crippen LogP contribution in [-0.4, -0.2) is 38.5 Å². The molecule has 0 saturated heterocycles. The molecule has 0 radical (unpaired) electrons. The van der Waals surface area contributed by atoms with E-state index in [9.17, 15) is 4.79 Å². The predicted octanol–water partition coefficient (Wildman–Crippen LogP) is 4.14. The molecule has 1 atom stereocenters. The highest BCUT2D eigenvalue weighted by atomic mass is 16.5. The summed E-state index contributed by atoms with van der Waals surface area (Å²) in [6.07, 6.45) is 5.27. The van der Waals surface area contributed by atoms with Gasteiger partial charge in [0, 0.05) is 17.8 Å². The van der Waals surface area contributed by atoms with Gasteiger partial charge in [-0.3, -0.25) is 4.79 Å². The number of ether oxygens (including phenoxy) is 1. The molecule has 166 valence electrons. The minimum Gasteiger partial charge on any atom is -0.497 e. The Morgan fingerprint density at radius 1 is 1.19 bits per heavy atom. The fraction of sp³-hybridized carbons (Fsp3) is 0.292. The maximum atomic E-state index is 12.1. The van der Waals surface area contributed by atoms with Crippen LogP contribution in [0.5, 0.6) is 5.75 Å². The lowest BCUT2D eigenvalue weighted by Gasteiger charge is -2.29. The van der Waals surface area contributed by atoms with E-state index in [1.807, 2.05) is 48.8 Å². The molecule has 4 aromatic rings. The molecule has 0 saturated carbocycles. The lowest BCUT2D eigenvalue weighted by molar-refractivity contribution is 0.100. The largest absolute Gasteiger partial charge is 0.497 e. The number of amides is 1. The van der Waals surface area contributed by atoms with E-state index in [4.69, 9.17) is 15.6 Å². The molecule has 8 heteroatoms. The summed E-state index contributed by atoms with van der Waals surface area (Å²) in [5, 5.41) is 12.6. The summed E-state index contributed by atoms with van der Waals surface area (Å²) in [4.78, 5) is 12.1. The van der Waals surface area contributed by atoms with E-state index in [1.54, 1.807) is 16.3 Å². The van der Waals surface area contributed by atoms with Crippen molar-refractivity contribution in [2.24, 2.45) is 11.1 Å². The quantitative estimate of drug-likeness (QED) is 0.477. The summed E-state index contributed by atoms with van der Waals surface area (Å²) < 4.78 is 8.74. The standard InChI is InChI=1S/C24H28N6O2/c1-15(24(2,3)4)27-22-19(23(25)31)13-26-30-14-17(12-21(22)30)29-11-10-20(28-29)16-6-8-18(32-5)9-7-16/h6-15,27H,1-5H3,(H2,25,31)/t15-/m1/s1.